The van der Waals surface area contributed by atoms with Crippen molar-refractivity contribution in [3.8, 4) is 0 Å². The van der Waals surface area contributed by atoms with E-state index in [1.807, 2.05) is 12.4 Å². The Kier molecular flexibility index (Phi) is 7.02. The van der Waals surface area contributed by atoms with E-state index in [0.29, 0.717) is 0 Å². The Morgan fingerprint density at radius 2 is 1.90 bits per heavy atom. The van der Waals surface area contributed by atoms with Gasteiger partial charge in [0.1, 0.15) is 0 Å². The van der Waals surface area contributed by atoms with E-state index in [1.165, 1.54) is 44.2 Å². The first-order chi connectivity index (χ1) is 9.84. The number of nitrogens with zero attached hydrogens (tertiary/aromatic N) is 2. The Balaban J connectivity index is 1.50. The SMILES string of the molecule is CN(CCNCC1CCCCC1)CCc1ccncc1. The highest BCUT2D eigenvalue weighted by atomic mass is 15.1. The molecule has 0 spiro atoms. The molecule has 0 saturated heterocycles. The summed E-state index contributed by atoms with van der Waals surface area (Å²) in [6.07, 6.45) is 12.1. The molecule has 0 amide bonds. The lowest BCUT2D eigenvalue weighted by Gasteiger charge is -2.23. The molecule has 2 rings (SSSR count). The normalized spacial score (nSPS) is 16.7. The predicted molar refractivity (Wildman–Crippen MR) is 84.9 cm³/mol. The van der Waals surface area contributed by atoms with Gasteiger partial charge in [0, 0.05) is 32.0 Å². The van der Waals surface area contributed by atoms with E-state index in [9.17, 15) is 0 Å². The van der Waals surface area contributed by atoms with Crippen LogP contribution in [0.1, 0.15) is 37.7 Å². The van der Waals surface area contributed by atoms with Crippen LogP contribution in [-0.4, -0.2) is 43.1 Å². The average Bonchev–Trinajstić information content (AvgIpc) is 2.52. The van der Waals surface area contributed by atoms with E-state index >= 15 is 0 Å². The molecule has 1 N–H and O–H groups in total. The van der Waals surface area contributed by atoms with E-state index in [1.54, 1.807) is 0 Å². The van der Waals surface area contributed by atoms with Crippen LogP contribution < -0.4 is 5.32 Å². The van der Waals surface area contributed by atoms with Crippen molar-refractivity contribution in [3.63, 3.8) is 0 Å². The van der Waals surface area contributed by atoms with Crippen LogP contribution in [0.5, 0.6) is 0 Å². The van der Waals surface area contributed by atoms with Gasteiger partial charge in [0.25, 0.3) is 0 Å². The first-order valence-corrected chi connectivity index (χ1v) is 8.13. The van der Waals surface area contributed by atoms with Gasteiger partial charge in [-0.1, -0.05) is 19.3 Å². The van der Waals surface area contributed by atoms with Gasteiger partial charge in [-0.3, -0.25) is 4.98 Å². The van der Waals surface area contributed by atoms with Crippen molar-refractivity contribution in [1.29, 1.82) is 0 Å². The molecule has 1 aromatic rings. The van der Waals surface area contributed by atoms with Gasteiger partial charge in [0.2, 0.25) is 0 Å². The van der Waals surface area contributed by atoms with Gasteiger partial charge in [-0.15, -0.1) is 0 Å². The Hall–Kier alpha value is -0.930. The number of hydrogen-bond acceptors (Lipinski definition) is 3. The van der Waals surface area contributed by atoms with Crippen LogP contribution in [0.2, 0.25) is 0 Å². The van der Waals surface area contributed by atoms with Gasteiger partial charge in [-0.25, -0.2) is 0 Å². The second-order valence-corrected chi connectivity index (χ2v) is 6.12. The molecule has 1 aliphatic carbocycles. The first kappa shape index (κ1) is 15.5. The maximum atomic E-state index is 4.05. The molecular weight excluding hydrogens is 246 g/mol. The molecule has 0 aliphatic heterocycles. The fourth-order valence-electron chi connectivity index (χ4n) is 2.95. The molecule has 3 heteroatoms. The summed E-state index contributed by atoms with van der Waals surface area (Å²) in [5.74, 6) is 0.936. The van der Waals surface area contributed by atoms with Gasteiger partial charge in [-0.05, 0) is 56.5 Å². The maximum Gasteiger partial charge on any atom is 0.0270 e. The number of likely N-dealkylation sites (N-methyl/N-ethyl adjacent to an activating group) is 1. The zero-order valence-electron chi connectivity index (χ0n) is 12.9. The van der Waals surface area contributed by atoms with Crippen LogP contribution in [0, 0.1) is 5.92 Å². The fourth-order valence-corrected chi connectivity index (χ4v) is 2.95. The van der Waals surface area contributed by atoms with E-state index in [4.69, 9.17) is 0 Å². The van der Waals surface area contributed by atoms with Crippen LogP contribution in [-0.2, 0) is 6.42 Å². The molecule has 1 aromatic heterocycles. The topological polar surface area (TPSA) is 28.2 Å². The third-order valence-corrected chi connectivity index (χ3v) is 4.36. The highest BCUT2D eigenvalue weighted by molar-refractivity contribution is 5.09. The number of rotatable bonds is 8. The van der Waals surface area contributed by atoms with E-state index in [2.05, 4.69) is 34.4 Å². The van der Waals surface area contributed by atoms with Gasteiger partial charge in [-0.2, -0.15) is 0 Å². The molecule has 1 aliphatic rings. The number of aromatic nitrogens is 1. The van der Waals surface area contributed by atoms with Crippen molar-refractivity contribution in [2.75, 3.05) is 33.2 Å². The van der Waals surface area contributed by atoms with Crippen LogP contribution in [0.15, 0.2) is 24.5 Å². The molecule has 1 heterocycles. The highest BCUT2D eigenvalue weighted by Gasteiger charge is 2.12. The molecule has 20 heavy (non-hydrogen) atoms. The van der Waals surface area contributed by atoms with E-state index < -0.39 is 0 Å². The number of pyridine rings is 1. The van der Waals surface area contributed by atoms with Crippen molar-refractivity contribution in [1.82, 2.24) is 15.2 Å². The predicted octanol–water partition coefficient (Wildman–Crippen LogP) is 2.73. The maximum absolute atomic E-state index is 4.05. The second kappa shape index (κ2) is 9.09. The van der Waals surface area contributed by atoms with E-state index in [-0.39, 0.29) is 0 Å². The van der Waals surface area contributed by atoms with Crippen molar-refractivity contribution < 1.29 is 0 Å². The molecule has 0 unspecified atom stereocenters. The summed E-state index contributed by atoms with van der Waals surface area (Å²) < 4.78 is 0. The van der Waals surface area contributed by atoms with Crippen LogP contribution in [0.4, 0.5) is 0 Å². The molecule has 0 atom stereocenters. The van der Waals surface area contributed by atoms with Gasteiger partial charge in [0.15, 0.2) is 0 Å². The highest BCUT2D eigenvalue weighted by Crippen LogP contribution is 2.22. The molecule has 0 bridgehead atoms. The van der Waals surface area contributed by atoms with Crippen molar-refractivity contribution >= 4 is 0 Å². The molecule has 1 saturated carbocycles. The minimum atomic E-state index is 0.936. The smallest absolute Gasteiger partial charge is 0.0270 e. The number of nitrogens with one attached hydrogen (secondary N) is 1. The minimum absolute atomic E-state index is 0.936. The van der Waals surface area contributed by atoms with Crippen molar-refractivity contribution in [2.24, 2.45) is 5.92 Å². The van der Waals surface area contributed by atoms with Crippen molar-refractivity contribution in [3.05, 3.63) is 30.1 Å². The zero-order valence-corrected chi connectivity index (χ0v) is 12.9. The molecule has 0 radical (unpaired) electrons. The minimum Gasteiger partial charge on any atom is -0.315 e. The molecule has 1 fully saturated rings. The summed E-state index contributed by atoms with van der Waals surface area (Å²) in [5.41, 5.74) is 1.38. The standard InChI is InChI=1S/C17H29N3/c1-20(13-9-16-7-10-18-11-8-16)14-12-19-15-17-5-3-2-4-6-17/h7-8,10-11,17,19H,2-6,9,12-15H2,1H3. The lowest BCUT2D eigenvalue weighted by molar-refractivity contribution is 0.310. The zero-order chi connectivity index (χ0) is 14.0. The summed E-state index contributed by atoms with van der Waals surface area (Å²) in [6, 6.07) is 4.21. The Labute approximate surface area is 123 Å². The summed E-state index contributed by atoms with van der Waals surface area (Å²) in [5, 5.41) is 3.63. The lowest BCUT2D eigenvalue weighted by atomic mass is 9.89. The van der Waals surface area contributed by atoms with Crippen LogP contribution in [0.3, 0.4) is 0 Å². The third kappa shape index (κ3) is 6.02. The lowest BCUT2D eigenvalue weighted by Crippen LogP contribution is -2.33. The molecule has 112 valence electrons. The summed E-state index contributed by atoms with van der Waals surface area (Å²) in [4.78, 5) is 6.46. The molecule has 0 aromatic carbocycles. The molecule has 3 nitrogen and oxygen atoms in total. The fraction of sp³-hybridized carbons (Fsp3) is 0.706. The Bertz CT molecular complexity index is 347. The van der Waals surface area contributed by atoms with Crippen molar-refractivity contribution in [2.45, 2.75) is 38.5 Å². The Morgan fingerprint density at radius 3 is 2.65 bits per heavy atom. The summed E-state index contributed by atoms with van der Waals surface area (Å²) >= 11 is 0. The van der Waals surface area contributed by atoms with Gasteiger partial charge >= 0.3 is 0 Å². The number of hydrogen-bond donors (Lipinski definition) is 1. The van der Waals surface area contributed by atoms with Crippen LogP contribution >= 0.6 is 0 Å². The quantitative estimate of drug-likeness (QED) is 0.739. The van der Waals surface area contributed by atoms with Crippen LogP contribution in [0.25, 0.3) is 0 Å². The Morgan fingerprint density at radius 1 is 1.15 bits per heavy atom. The third-order valence-electron chi connectivity index (χ3n) is 4.36. The first-order valence-electron chi connectivity index (χ1n) is 8.13. The average molecular weight is 275 g/mol. The van der Waals surface area contributed by atoms with Gasteiger partial charge in [0.05, 0.1) is 0 Å². The summed E-state index contributed by atoms with van der Waals surface area (Å²) in [7, 11) is 2.21. The summed E-state index contributed by atoms with van der Waals surface area (Å²) in [6.45, 7) is 4.59. The monoisotopic (exact) mass is 275 g/mol. The van der Waals surface area contributed by atoms with Gasteiger partial charge < -0.3 is 10.2 Å². The molecular formula is C17H29N3. The largest absolute Gasteiger partial charge is 0.315 e. The van der Waals surface area contributed by atoms with E-state index in [0.717, 1.165) is 32.0 Å². The second-order valence-electron chi connectivity index (χ2n) is 6.12.